The predicted octanol–water partition coefficient (Wildman–Crippen LogP) is 0.544. The summed E-state index contributed by atoms with van der Waals surface area (Å²) in [4.78, 5) is 13.6. The van der Waals surface area contributed by atoms with Crippen molar-refractivity contribution in [1.29, 1.82) is 0 Å². The Morgan fingerprint density at radius 3 is 2.43 bits per heavy atom. The molecule has 4 nitrogen and oxygen atoms in total. The number of ether oxygens (including phenoxy) is 1. The standard InChI is InChI=1S/C9H18N2O2S/c1-6(5-8(10)14)11(3)7(2)9(12)13-4/h6-7H,5H2,1-4H3,(H2,10,14). The van der Waals surface area contributed by atoms with Crippen LogP contribution in [0.4, 0.5) is 0 Å². The molecule has 0 aromatic carbocycles. The fourth-order valence-corrected chi connectivity index (χ4v) is 1.39. The van der Waals surface area contributed by atoms with Crippen LogP contribution in [-0.2, 0) is 9.53 Å². The molecule has 5 heteroatoms. The molecule has 0 rings (SSSR count). The van der Waals surface area contributed by atoms with Gasteiger partial charge in [0, 0.05) is 12.5 Å². The van der Waals surface area contributed by atoms with Gasteiger partial charge in [0.25, 0.3) is 0 Å². The SMILES string of the molecule is COC(=O)C(C)N(C)C(C)CC(N)=S. The third-order valence-electron chi connectivity index (χ3n) is 2.35. The Morgan fingerprint density at radius 1 is 1.57 bits per heavy atom. The molecule has 82 valence electrons. The van der Waals surface area contributed by atoms with Crippen LogP contribution in [-0.4, -0.2) is 42.1 Å². The highest BCUT2D eigenvalue weighted by molar-refractivity contribution is 7.80. The summed E-state index contributed by atoms with van der Waals surface area (Å²) < 4.78 is 4.64. The van der Waals surface area contributed by atoms with E-state index in [0.717, 1.165) is 0 Å². The van der Waals surface area contributed by atoms with Crippen LogP contribution in [0.5, 0.6) is 0 Å². The Hall–Kier alpha value is -0.680. The Kier molecular flexibility index (Phi) is 5.64. The van der Waals surface area contributed by atoms with Crippen LogP contribution in [0, 0.1) is 0 Å². The lowest BCUT2D eigenvalue weighted by atomic mass is 10.1. The minimum atomic E-state index is -0.274. The van der Waals surface area contributed by atoms with Crippen molar-refractivity contribution < 1.29 is 9.53 Å². The second kappa shape index (κ2) is 5.93. The predicted molar refractivity (Wildman–Crippen MR) is 60.1 cm³/mol. The second-order valence-corrected chi connectivity index (χ2v) is 3.91. The average molecular weight is 218 g/mol. The van der Waals surface area contributed by atoms with Crippen LogP contribution in [0.1, 0.15) is 20.3 Å². The van der Waals surface area contributed by atoms with Crippen molar-refractivity contribution in [3.63, 3.8) is 0 Å². The molecule has 2 unspecified atom stereocenters. The second-order valence-electron chi connectivity index (χ2n) is 3.38. The number of carbonyl (C=O) groups is 1. The quantitative estimate of drug-likeness (QED) is 0.539. The van der Waals surface area contributed by atoms with E-state index in [4.69, 9.17) is 18.0 Å². The molecule has 0 heterocycles. The van der Waals surface area contributed by atoms with Crippen molar-refractivity contribution in [2.24, 2.45) is 5.73 Å². The fourth-order valence-electron chi connectivity index (χ4n) is 1.15. The lowest BCUT2D eigenvalue weighted by Crippen LogP contribution is -2.43. The van der Waals surface area contributed by atoms with Gasteiger partial charge >= 0.3 is 5.97 Å². The van der Waals surface area contributed by atoms with Crippen molar-refractivity contribution in [2.45, 2.75) is 32.4 Å². The Balaban J connectivity index is 4.22. The number of hydrogen-bond donors (Lipinski definition) is 1. The Morgan fingerprint density at radius 2 is 2.07 bits per heavy atom. The summed E-state index contributed by atoms with van der Waals surface area (Å²) in [6, 6.07) is -0.133. The number of thiocarbonyl (C=S) groups is 1. The number of methoxy groups -OCH3 is 1. The number of hydrogen-bond acceptors (Lipinski definition) is 4. The molecule has 0 saturated heterocycles. The van der Waals surface area contributed by atoms with Crippen molar-refractivity contribution >= 4 is 23.2 Å². The number of likely N-dealkylation sites (N-methyl/N-ethyl adjacent to an activating group) is 1. The molecule has 0 aliphatic heterocycles. The van der Waals surface area contributed by atoms with Crippen LogP contribution in [0.15, 0.2) is 0 Å². The van der Waals surface area contributed by atoms with Gasteiger partial charge in [-0.3, -0.25) is 9.69 Å². The number of nitrogens with two attached hydrogens (primary N) is 1. The van der Waals surface area contributed by atoms with Gasteiger partial charge in [0.1, 0.15) is 6.04 Å². The first-order chi connectivity index (χ1) is 6.40. The highest BCUT2D eigenvalue weighted by Gasteiger charge is 2.22. The molecular weight excluding hydrogens is 200 g/mol. The molecule has 0 aromatic rings. The van der Waals surface area contributed by atoms with Crippen molar-refractivity contribution in [3.05, 3.63) is 0 Å². The van der Waals surface area contributed by atoms with Gasteiger partial charge in [-0.15, -0.1) is 0 Å². The smallest absolute Gasteiger partial charge is 0.322 e. The lowest BCUT2D eigenvalue weighted by molar-refractivity contribution is -0.146. The van der Waals surface area contributed by atoms with Gasteiger partial charge in [0.2, 0.25) is 0 Å². The van der Waals surface area contributed by atoms with E-state index in [1.54, 1.807) is 6.92 Å². The van der Waals surface area contributed by atoms with Gasteiger partial charge in [-0.1, -0.05) is 12.2 Å². The van der Waals surface area contributed by atoms with Crippen molar-refractivity contribution in [1.82, 2.24) is 4.90 Å². The molecule has 0 spiro atoms. The topological polar surface area (TPSA) is 55.6 Å². The van der Waals surface area contributed by atoms with Gasteiger partial charge < -0.3 is 10.5 Å². The molecule has 14 heavy (non-hydrogen) atoms. The average Bonchev–Trinajstić information content (AvgIpc) is 2.13. The summed E-state index contributed by atoms with van der Waals surface area (Å²) >= 11 is 4.81. The van der Waals surface area contributed by atoms with E-state index in [9.17, 15) is 4.79 Å². The number of carbonyl (C=O) groups excluding carboxylic acids is 1. The molecule has 0 aliphatic rings. The molecule has 0 fully saturated rings. The molecule has 0 aliphatic carbocycles. The van der Waals surface area contributed by atoms with Gasteiger partial charge in [0.15, 0.2) is 0 Å². The molecule has 0 saturated carbocycles. The van der Waals surface area contributed by atoms with Crippen LogP contribution in [0.3, 0.4) is 0 Å². The van der Waals surface area contributed by atoms with E-state index in [0.29, 0.717) is 11.4 Å². The lowest BCUT2D eigenvalue weighted by Gasteiger charge is -2.28. The third kappa shape index (κ3) is 4.02. The largest absolute Gasteiger partial charge is 0.468 e. The molecule has 2 N–H and O–H groups in total. The van der Waals surface area contributed by atoms with Gasteiger partial charge in [-0.2, -0.15) is 0 Å². The molecular formula is C9H18N2O2S. The fraction of sp³-hybridized carbons (Fsp3) is 0.778. The van der Waals surface area contributed by atoms with E-state index in [2.05, 4.69) is 4.74 Å². The molecule has 0 radical (unpaired) electrons. The van der Waals surface area contributed by atoms with Crippen LogP contribution in [0.2, 0.25) is 0 Å². The minimum Gasteiger partial charge on any atom is -0.468 e. The van der Waals surface area contributed by atoms with E-state index < -0.39 is 0 Å². The third-order valence-corrected chi connectivity index (χ3v) is 2.51. The molecule has 0 bridgehead atoms. The molecule has 0 aromatic heterocycles. The van der Waals surface area contributed by atoms with Crippen LogP contribution < -0.4 is 5.73 Å². The Labute approximate surface area is 90.4 Å². The monoisotopic (exact) mass is 218 g/mol. The first kappa shape index (κ1) is 13.3. The zero-order valence-corrected chi connectivity index (χ0v) is 9.93. The van der Waals surface area contributed by atoms with Crippen LogP contribution >= 0.6 is 12.2 Å². The number of esters is 1. The van der Waals surface area contributed by atoms with E-state index in [1.807, 2.05) is 18.9 Å². The number of nitrogens with zero attached hydrogens (tertiary/aromatic N) is 1. The van der Waals surface area contributed by atoms with Crippen molar-refractivity contribution in [3.8, 4) is 0 Å². The zero-order chi connectivity index (χ0) is 11.3. The summed E-state index contributed by atoms with van der Waals surface area (Å²) in [6.45, 7) is 3.76. The molecule has 0 amide bonds. The van der Waals surface area contributed by atoms with Crippen LogP contribution in [0.25, 0.3) is 0 Å². The summed E-state index contributed by atoms with van der Waals surface area (Å²) in [5.74, 6) is -0.248. The van der Waals surface area contributed by atoms with Gasteiger partial charge in [0.05, 0.1) is 12.1 Å². The van der Waals surface area contributed by atoms with Gasteiger partial charge in [-0.25, -0.2) is 0 Å². The highest BCUT2D eigenvalue weighted by atomic mass is 32.1. The first-order valence-corrected chi connectivity index (χ1v) is 4.89. The van der Waals surface area contributed by atoms with E-state index in [-0.39, 0.29) is 18.1 Å². The normalized spacial score (nSPS) is 14.9. The summed E-state index contributed by atoms with van der Waals surface area (Å²) in [5.41, 5.74) is 5.43. The zero-order valence-electron chi connectivity index (χ0n) is 9.11. The first-order valence-electron chi connectivity index (χ1n) is 4.48. The van der Waals surface area contributed by atoms with Crippen molar-refractivity contribution in [2.75, 3.05) is 14.2 Å². The minimum absolute atomic E-state index is 0.140. The van der Waals surface area contributed by atoms with E-state index >= 15 is 0 Å². The highest BCUT2D eigenvalue weighted by Crippen LogP contribution is 2.07. The maximum atomic E-state index is 11.2. The number of rotatable bonds is 5. The summed E-state index contributed by atoms with van der Waals surface area (Å²) in [7, 11) is 3.23. The van der Waals surface area contributed by atoms with Gasteiger partial charge in [-0.05, 0) is 20.9 Å². The Bertz CT molecular complexity index is 221. The van der Waals surface area contributed by atoms with E-state index in [1.165, 1.54) is 7.11 Å². The maximum Gasteiger partial charge on any atom is 0.322 e. The summed E-state index contributed by atoms with van der Waals surface area (Å²) in [5, 5.41) is 0. The molecule has 2 atom stereocenters. The maximum absolute atomic E-state index is 11.2. The summed E-state index contributed by atoms with van der Waals surface area (Å²) in [6.07, 6.45) is 0.604.